The molecule has 5 heteroatoms. The molecule has 1 heterocycles. The maximum Gasteiger partial charge on any atom is 0.246 e. The van der Waals surface area contributed by atoms with Crippen molar-refractivity contribution in [3.63, 3.8) is 0 Å². The van der Waals surface area contributed by atoms with Crippen molar-refractivity contribution < 1.29 is 4.79 Å². The molecule has 0 spiro atoms. The zero-order valence-electron chi connectivity index (χ0n) is 19.3. The number of amides is 1. The predicted octanol–water partition coefficient (Wildman–Crippen LogP) is 5.47. The molecule has 0 aliphatic rings. The van der Waals surface area contributed by atoms with Crippen LogP contribution in [0.25, 0.3) is 11.1 Å². The van der Waals surface area contributed by atoms with Gasteiger partial charge in [-0.15, -0.1) is 0 Å². The molecule has 0 unspecified atom stereocenters. The average Bonchev–Trinajstić information content (AvgIpc) is 3.27. The summed E-state index contributed by atoms with van der Waals surface area (Å²) in [5.74, 6) is 0.204. The van der Waals surface area contributed by atoms with Crippen molar-refractivity contribution in [2.24, 2.45) is 7.05 Å². The molecular weight excluding hydrogens is 408 g/mol. The van der Waals surface area contributed by atoms with Gasteiger partial charge in [0.2, 0.25) is 5.91 Å². The predicted molar refractivity (Wildman–Crippen MR) is 134 cm³/mol. The fraction of sp³-hybridized carbons (Fsp3) is 0.214. The van der Waals surface area contributed by atoms with Gasteiger partial charge in [0.25, 0.3) is 0 Å². The van der Waals surface area contributed by atoms with Crippen molar-refractivity contribution >= 4 is 11.6 Å². The highest BCUT2D eigenvalue weighted by Crippen LogP contribution is 2.23. The molecule has 0 aliphatic carbocycles. The van der Waals surface area contributed by atoms with Crippen molar-refractivity contribution in [1.29, 1.82) is 0 Å². The molecule has 4 rings (SSSR count). The minimum Gasteiger partial charge on any atom is -0.324 e. The van der Waals surface area contributed by atoms with Crippen molar-refractivity contribution in [1.82, 2.24) is 15.1 Å². The van der Waals surface area contributed by atoms with E-state index in [4.69, 9.17) is 0 Å². The molecule has 2 atom stereocenters. The minimum atomic E-state index is -0.447. The van der Waals surface area contributed by atoms with E-state index in [1.54, 1.807) is 4.68 Å². The second-order valence-corrected chi connectivity index (χ2v) is 8.53. The standard InChI is InChI=1S/C28H30N4O/c1-20-9-11-22(12-10-20)21(2)17-29-27(24-7-5-4-6-8-24)28(33)31-26-15-13-23(14-16-26)25-18-30-32(3)19-25/h4-16,18-19,21,27,29H,17H2,1-3H3,(H,31,33)/t21-,27+/m1/s1. The van der Waals surface area contributed by atoms with Gasteiger partial charge in [-0.2, -0.15) is 5.10 Å². The Bertz CT molecular complexity index is 1180. The summed E-state index contributed by atoms with van der Waals surface area (Å²) in [6.45, 7) is 4.95. The summed E-state index contributed by atoms with van der Waals surface area (Å²) in [5, 5.41) is 10.8. The fourth-order valence-electron chi connectivity index (χ4n) is 3.85. The Morgan fingerprint density at radius 1 is 0.909 bits per heavy atom. The van der Waals surface area contributed by atoms with Gasteiger partial charge < -0.3 is 10.6 Å². The molecule has 1 aromatic heterocycles. The van der Waals surface area contributed by atoms with Gasteiger partial charge in [-0.25, -0.2) is 0 Å². The molecule has 0 aliphatic heterocycles. The van der Waals surface area contributed by atoms with E-state index in [1.807, 2.05) is 74.0 Å². The first-order valence-corrected chi connectivity index (χ1v) is 11.2. The molecule has 0 radical (unpaired) electrons. The lowest BCUT2D eigenvalue weighted by Gasteiger charge is -2.22. The second kappa shape index (κ2) is 10.3. The van der Waals surface area contributed by atoms with Crippen molar-refractivity contribution in [2.45, 2.75) is 25.8 Å². The van der Waals surface area contributed by atoms with Crippen molar-refractivity contribution in [3.05, 3.63) is 108 Å². The van der Waals surface area contributed by atoms with Crippen LogP contribution < -0.4 is 10.6 Å². The number of anilines is 1. The summed E-state index contributed by atoms with van der Waals surface area (Å²) in [6.07, 6.45) is 3.80. The number of nitrogens with zero attached hydrogens (tertiary/aromatic N) is 2. The summed E-state index contributed by atoms with van der Waals surface area (Å²) >= 11 is 0. The van der Waals surface area contributed by atoms with Gasteiger partial charge in [-0.05, 0) is 41.7 Å². The first-order valence-electron chi connectivity index (χ1n) is 11.2. The number of rotatable bonds is 8. The van der Waals surface area contributed by atoms with Crippen LogP contribution in [0.2, 0.25) is 0 Å². The lowest BCUT2D eigenvalue weighted by molar-refractivity contribution is -0.118. The summed E-state index contributed by atoms with van der Waals surface area (Å²) in [6, 6.07) is 25.8. The lowest BCUT2D eigenvalue weighted by atomic mass is 9.98. The zero-order valence-corrected chi connectivity index (χ0v) is 19.3. The monoisotopic (exact) mass is 438 g/mol. The average molecular weight is 439 g/mol. The molecule has 0 fully saturated rings. The van der Waals surface area contributed by atoms with Crippen LogP contribution >= 0.6 is 0 Å². The smallest absolute Gasteiger partial charge is 0.246 e. The molecule has 2 N–H and O–H groups in total. The fourth-order valence-corrected chi connectivity index (χ4v) is 3.85. The highest BCUT2D eigenvalue weighted by atomic mass is 16.2. The van der Waals surface area contributed by atoms with Gasteiger partial charge in [-0.1, -0.05) is 79.2 Å². The number of nitrogens with one attached hydrogen (secondary N) is 2. The second-order valence-electron chi connectivity index (χ2n) is 8.53. The summed E-state index contributed by atoms with van der Waals surface area (Å²) < 4.78 is 1.78. The van der Waals surface area contributed by atoms with Gasteiger partial charge >= 0.3 is 0 Å². The van der Waals surface area contributed by atoms with Crippen LogP contribution in [0, 0.1) is 6.92 Å². The van der Waals surface area contributed by atoms with E-state index in [2.05, 4.69) is 53.8 Å². The van der Waals surface area contributed by atoms with Crippen LogP contribution in [0.4, 0.5) is 5.69 Å². The largest absolute Gasteiger partial charge is 0.324 e. The Kier molecular flexibility index (Phi) is 7.01. The van der Waals surface area contributed by atoms with E-state index < -0.39 is 6.04 Å². The molecule has 3 aromatic carbocycles. The first-order chi connectivity index (χ1) is 16.0. The van der Waals surface area contributed by atoms with E-state index in [0.717, 1.165) is 22.4 Å². The molecule has 168 valence electrons. The van der Waals surface area contributed by atoms with E-state index in [9.17, 15) is 4.79 Å². The first kappa shape index (κ1) is 22.5. The molecule has 5 nitrogen and oxygen atoms in total. The molecule has 0 saturated carbocycles. The number of aromatic nitrogens is 2. The third-order valence-corrected chi connectivity index (χ3v) is 5.86. The van der Waals surface area contributed by atoms with Crippen LogP contribution in [-0.4, -0.2) is 22.2 Å². The Hall–Kier alpha value is -3.70. The van der Waals surface area contributed by atoms with Crippen LogP contribution in [0.15, 0.2) is 91.3 Å². The van der Waals surface area contributed by atoms with Crippen molar-refractivity contribution in [3.8, 4) is 11.1 Å². The molecule has 33 heavy (non-hydrogen) atoms. The van der Waals surface area contributed by atoms with Gasteiger partial charge in [-0.3, -0.25) is 9.48 Å². The Morgan fingerprint density at radius 2 is 1.61 bits per heavy atom. The number of benzene rings is 3. The van der Waals surface area contributed by atoms with Crippen LogP contribution in [-0.2, 0) is 11.8 Å². The Labute approximate surface area is 195 Å². The maximum absolute atomic E-state index is 13.3. The van der Waals surface area contributed by atoms with E-state index in [-0.39, 0.29) is 11.8 Å². The molecule has 0 bridgehead atoms. The van der Waals surface area contributed by atoms with Crippen LogP contribution in [0.3, 0.4) is 0 Å². The van der Waals surface area contributed by atoms with E-state index >= 15 is 0 Å². The van der Waals surface area contributed by atoms with Crippen LogP contribution in [0.1, 0.15) is 35.6 Å². The number of aryl methyl sites for hydroxylation is 2. The zero-order chi connectivity index (χ0) is 23.2. The summed E-state index contributed by atoms with van der Waals surface area (Å²) in [4.78, 5) is 13.3. The van der Waals surface area contributed by atoms with Crippen molar-refractivity contribution in [2.75, 3.05) is 11.9 Å². The minimum absolute atomic E-state index is 0.0774. The third kappa shape index (κ3) is 5.76. The van der Waals surface area contributed by atoms with E-state index in [0.29, 0.717) is 6.54 Å². The Balaban J connectivity index is 1.46. The molecular formula is C28H30N4O. The van der Waals surface area contributed by atoms with Gasteiger partial charge in [0, 0.05) is 31.0 Å². The highest BCUT2D eigenvalue weighted by Gasteiger charge is 2.21. The summed E-state index contributed by atoms with van der Waals surface area (Å²) in [5.41, 5.74) is 6.32. The molecule has 1 amide bonds. The third-order valence-electron chi connectivity index (χ3n) is 5.86. The molecule has 0 saturated heterocycles. The molecule has 4 aromatic rings. The quantitative estimate of drug-likeness (QED) is 0.384. The number of carbonyl (C=O) groups excluding carboxylic acids is 1. The SMILES string of the molecule is Cc1ccc([C@H](C)CN[C@H](C(=O)Nc2ccc(-c3cnn(C)c3)cc2)c2ccccc2)cc1. The van der Waals surface area contributed by atoms with Gasteiger partial charge in [0.05, 0.1) is 6.20 Å². The number of hydrogen-bond acceptors (Lipinski definition) is 3. The topological polar surface area (TPSA) is 59.0 Å². The van der Waals surface area contributed by atoms with Gasteiger partial charge in [0.15, 0.2) is 0 Å². The number of carbonyl (C=O) groups is 1. The van der Waals surface area contributed by atoms with E-state index in [1.165, 1.54) is 11.1 Å². The normalized spacial score (nSPS) is 12.8. The highest BCUT2D eigenvalue weighted by molar-refractivity contribution is 5.95. The van der Waals surface area contributed by atoms with Crippen LogP contribution in [0.5, 0.6) is 0 Å². The lowest BCUT2D eigenvalue weighted by Crippen LogP contribution is -2.35. The Morgan fingerprint density at radius 3 is 2.24 bits per heavy atom. The number of hydrogen-bond donors (Lipinski definition) is 2. The maximum atomic E-state index is 13.3. The summed E-state index contributed by atoms with van der Waals surface area (Å²) in [7, 11) is 1.90. The van der Waals surface area contributed by atoms with Gasteiger partial charge in [0.1, 0.15) is 6.04 Å².